The molecule has 0 unspecified atom stereocenters. The van der Waals surface area contributed by atoms with E-state index in [1.807, 2.05) is 18.2 Å². The molecule has 0 bridgehead atoms. The Balaban J connectivity index is 2.29. The number of nitrogens with one attached hydrogen (secondary N) is 1. The summed E-state index contributed by atoms with van der Waals surface area (Å²) in [5, 5.41) is 4.07. The van der Waals surface area contributed by atoms with Crippen molar-refractivity contribution >= 4 is 26.7 Å². The largest absolute Gasteiger partial charge is 0.497 e. The number of aromatic nitrogens is 1. The maximum atomic E-state index is 5.41. The summed E-state index contributed by atoms with van der Waals surface area (Å²) in [4.78, 5) is 4.42. The lowest BCUT2D eigenvalue weighted by Crippen LogP contribution is -2.12. The van der Waals surface area contributed by atoms with Gasteiger partial charge in [-0.15, -0.1) is 0 Å². The number of benzene rings is 1. The summed E-state index contributed by atoms with van der Waals surface area (Å²) in [6, 6.07) is 5.85. The summed E-state index contributed by atoms with van der Waals surface area (Å²) >= 11 is 1.61. The molecule has 15 heavy (non-hydrogen) atoms. The van der Waals surface area contributed by atoms with Gasteiger partial charge in [-0.25, -0.2) is 4.98 Å². The molecule has 0 aliphatic carbocycles. The summed E-state index contributed by atoms with van der Waals surface area (Å²) in [6.45, 7) is 1.36. The second kappa shape index (κ2) is 4.46. The number of nitrogens with zero attached hydrogens (tertiary/aromatic N) is 1. The first-order valence-electron chi connectivity index (χ1n) is 4.72. The number of ether oxygens (including phenoxy) is 1. The maximum absolute atomic E-state index is 5.41. The minimum absolute atomic E-state index is 0.610. The minimum Gasteiger partial charge on any atom is -0.497 e. The number of fused-ring (bicyclic) bond motifs is 1. The van der Waals surface area contributed by atoms with Crippen molar-refractivity contribution in [2.75, 3.05) is 25.5 Å². The van der Waals surface area contributed by atoms with Gasteiger partial charge in [0.15, 0.2) is 5.13 Å². The van der Waals surface area contributed by atoms with Crippen molar-refractivity contribution in [3.63, 3.8) is 0 Å². The van der Waals surface area contributed by atoms with Crippen molar-refractivity contribution in [2.24, 2.45) is 5.73 Å². The van der Waals surface area contributed by atoms with E-state index in [1.54, 1.807) is 18.4 Å². The van der Waals surface area contributed by atoms with Crippen molar-refractivity contribution in [1.29, 1.82) is 0 Å². The molecule has 3 N–H and O–H groups in total. The molecule has 0 radical (unpaired) electrons. The molecule has 80 valence electrons. The molecule has 0 aliphatic rings. The molecule has 0 aliphatic heterocycles. The molecule has 5 heteroatoms. The van der Waals surface area contributed by atoms with Crippen LogP contribution >= 0.6 is 11.3 Å². The molecule has 0 saturated carbocycles. The monoisotopic (exact) mass is 223 g/mol. The van der Waals surface area contributed by atoms with E-state index < -0.39 is 0 Å². The quantitative estimate of drug-likeness (QED) is 0.827. The van der Waals surface area contributed by atoms with Gasteiger partial charge in [-0.3, -0.25) is 0 Å². The molecule has 0 saturated heterocycles. The Morgan fingerprint density at radius 3 is 3.13 bits per heavy atom. The number of nitrogens with two attached hydrogens (primary N) is 1. The second-order valence-electron chi connectivity index (χ2n) is 3.07. The molecule has 1 aromatic carbocycles. The van der Waals surface area contributed by atoms with Crippen LogP contribution in [0.15, 0.2) is 18.2 Å². The molecule has 2 aromatic rings. The van der Waals surface area contributed by atoms with Gasteiger partial charge >= 0.3 is 0 Å². The fourth-order valence-electron chi connectivity index (χ4n) is 1.29. The van der Waals surface area contributed by atoms with E-state index in [0.717, 1.165) is 27.6 Å². The van der Waals surface area contributed by atoms with E-state index >= 15 is 0 Å². The van der Waals surface area contributed by atoms with Crippen LogP contribution in [0.1, 0.15) is 0 Å². The van der Waals surface area contributed by atoms with Crippen LogP contribution in [0, 0.1) is 0 Å². The highest BCUT2D eigenvalue weighted by molar-refractivity contribution is 7.22. The van der Waals surface area contributed by atoms with Gasteiger partial charge in [0.2, 0.25) is 0 Å². The van der Waals surface area contributed by atoms with Gasteiger partial charge in [0.1, 0.15) is 5.75 Å². The van der Waals surface area contributed by atoms with Crippen LogP contribution in [-0.4, -0.2) is 25.2 Å². The summed E-state index contributed by atoms with van der Waals surface area (Å²) in [5.74, 6) is 0.858. The summed E-state index contributed by atoms with van der Waals surface area (Å²) in [7, 11) is 1.66. The third-order valence-corrected chi connectivity index (χ3v) is 2.99. The van der Waals surface area contributed by atoms with Gasteiger partial charge in [0, 0.05) is 13.1 Å². The summed E-state index contributed by atoms with van der Waals surface area (Å²) in [6.07, 6.45) is 0. The smallest absolute Gasteiger partial charge is 0.183 e. The predicted octanol–water partition coefficient (Wildman–Crippen LogP) is 1.68. The Labute approximate surface area is 92.1 Å². The highest BCUT2D eigenvalue weighted by atomic mass is 32.1. The Kier molecular flexibility index (Phi) is 3.03. The Morgan fingerprint density at radius 2 is 2.40 bits per heavy atom. The zero-order chi connectivity index (χ0) is 10.7. The first-order chi connectivity index (χ1) is 7.33. The summed E-state index contributed by atoms with van der Waals surface area (Å²) in [5.41, 5.74) is 6.40. The molecule has 0 amide bonds. The van der Waals surface area contributed by atoms with Gasteiger partial charge in [0.25, 0.3) is 0 Å². The lowest BCUT2D eigenvalue weighted by Gasteiger charge is -1.96. The highest BCUT2D eigenvalue weighted by Crippen LogP contribution is 2.28. The van der Waals surface area contributed by atoms with Crippen LogP contribution in [-0.2, 0) is 0 Å². The molecule has 0 fully saturated rings. The Morgan fingerprint density at radius 1 is 1.53 bits per heavy atom. The topological polar surface area (TPSA) is 60.2 Å². The van der Waals surface area contributed by atoms with Crippen LogP contribution in [0.3, 0.4) is 0 Å². The van der Waals surface area contributed by atoms with Crippen LogP contribution in [0.25, 0.3) is 10.2 Å². The van der Waals surface area contributed by atoms with E-state index in [0.29, 0.717) is 6.54 Å². The molecule has 1 heterocycles. The van der Waals surface area contributed by atoms with Gasteiger partial charge in [-0.1, -0.05) is 11.3 Å². The zero-order valence-corrected chi connectivity index (χ0v) is 9.30. The van der Waals surface area contributed by atoms with E-state index in [4.69, 9.17) is 10.5 Å². The number of hydrogen-bond acceptors (Lipinski definition) is 5. The van der Waals surface area contributed by atoms with Crippen molar-refractivity contribution in [1.82, 2.24) is 4.98 Å². The maximum Gasteiger partial charge on any atom is 0.183 e. The molecular weight excluding hydrogens is 210 g/mol. The molecule has 1 aromatic heterocycles. The van der Waals surface area contributed by atoms with E-state index in [1.165, 1.54) is 0 Å². The van der Waals surface area contributed by atoms with E-state index in [-0.39, 0.29) is 0 Å². The van der Waals surface area contributed by atoms with Gasteiger partial charge in [-0.2, -0.15) is 0 Å². The molecular formula is C10H13N3OS. The standard InChI is InChI=1S/C10H13N3OS/c1-14-7-2-3-8-9(6-7)15-10(13-8)12-5-4-11/h2-3,6H,4-5,11H2,1H3,(H,12,13). The van der Waals surface area contributed by atoms with Crippen LogP contribution in [0.4, 0.5) is 5.13 Å². The van der Waals surface area contributed by atoms with Gasteiger partial charge < -0.3 is 15.8 Å². The number of methoxy groups -OCH3 is 1. The Bertz CT molecular complexity index is 455. The first kappa shape index (κ1) is 10.2. The van der Waals surface area contributed by atoms with Gasteiger partial charge in [-0.05, 0) is 18.2 Å². The van der Waals surface area contributed by atoms with Crippen LogP contribution in [0.2, 0.25) is 0 Å². The average Bonchev–Trinajstić information content (AvgIpc) is 2.67. The number of hydrogen-bond donors (Lipinski definition) is 2. The highest BCUT2D eigenvalue weighted by Gasteiger charge is 2.03. The lowest BCUT2D eigenvalue weighted by atomic mass is 10.3. The average molecular weight is 223 g/mol. The van der Waals surface area contributed by atoms with Crippen molar-refractivity contribution in [3.05, 3.63) is 18.2 Å². The van der Waals surface area contributed by atoms with Crippen LogP contribution in [0.5, 0.6) is 5.75 Å². The third-order valence-electron chi connectivity index (χ3n) is 2.02. The Hall–Kier alpha value is -1.33. The fourth-order valence-corrected chi connectivity index (χ4v) is 2.21. The van der Waals surface area contributed by atoms with Crippen molar-refractivity contribution in [3.8, 4) is 5.75 Å². The number of anilines is 1. The molecule has 0 atom stereocenters. The van der Waals surface area contributed by atoms with Crippen LogP contribution < -0.4 is 15.8 Å². The second-order valence-corrected chi connectivity index (χ2v) is 4.10. The predicted molar refractivity (Wildman–Crippen MR) is 63.7 cm³/mol. The number of thiazole rings is 1. The lowest BCUT2D eigenvalue weighted by molar-refractivity contribution is 0.415. The van der Waals surface area contributed by atoms with E-state index in [2.05, 4.69) is 10.3 Å². The van der Waals surface area contributed by atoms with Crippen molar-refractivity contribution in [2.45, 2.75) is 0 Å². The molecule has 2 rings (SSSR count). The zero-order valence-electron chi connectivity index (χ0n) is 8.49. The molecule has 0 spiro atoms. The SMILES string of the molecule is COc1ccc2nc(NCCN)sc2c1. The normalized spacial score (nSPS) is 10.5. The van der Waals surface area contributed by atoms with Gasteiger partial charge in [0.05, 0.1) is 17.3 Å². The third kappa shape index (κ3) is 2.19. The molecule has 4 nitrogen and oxygen atoms in total. The van der Waals surface area contributed by atoms with Crippen molar-refractivity contribution < 1.29 is 4.74 Å². The number of rotatable bonds is 4. The summed E-state index contributed by atoms with van der Waals surface area (Å²) < 4.78 is 6.27. The minimum atomic E-state index is 0.610. The fraction of sp³-hybridized carbons (Fsp3) is 0.300. The first-order valence-corrected chi connectivity index (χ1v) is 5.53. The van der Waals surface area contributed by atoms with E-state index in [9.17, 15) is 0 Å².